The summed E-state index contributed by atoms with van der Waals surface area (Å²) in [6.45, 7) is 6.95. The smallest absolute Gasteiger partial charge is 0.0414 e. The third-order valence-electron chi connectivity index (χ3n) is 6.15. The summed E-state index contributed by atoms with van der Waals surface area (Å²) in [6.07, 6.45) is 32.3. The van der Waals surface area contributed by atoms with Crippen LogP contribution in [0.5, 0.6) is 0 Å². The Morgan fingerprint density at radius 2 is 0.538 bits per heavy atom. The first-order valence-corrected chi connectivity index (χ1v) is 12.8. The van der Waals surface area contributed by atoms with E-state index in [0.29, 0.717) is 0 Å². The fourth-order valence-corrected chi connectivity index (χ4v) is 4.25. The lowest BCUT2D eigenvalue weighted by Gasteiger charge is -2.17. The summed E-state index contributed by atoms with van der Waals surface area (Å²) >= 11 is 0. The SMILES string of the molecule is CCCCCCCCCC(CCCCCCCC)CCCCCCCC. The zero-order chi connectivity index (χ0) is 19.1. The van der Waals surface area contributed by atoms with Gasteiger partial charge in [0.15, 0.2) is 0 Å². The van der Waals surface area contributed by atoms with Crippen LogP contribution in [0.3, 0.4) is 0 Å². The highest BCUT2D eigenvalue weighted by Gasteiger charge is 2.08. The van der Waals surface area contributed by atoms with Crippen molar-refractivity contribution in [1.29, 1.82) is 0 Å². The minimum atomic E-state index is 1.04. The Labute approximate surface area is 168 Å². The number of rotatable bonds is 22. The Morgan fingerprint density at radius 3 is 0.808 bits per heavy atom. The van der Waals surface area contributed by atoms with E-state index in [1.807, 2.05) is 0 Å². The summed E-state index contributed by atoms with van der Waals surface area (Å²) in [6, 6.07) is 0. The molecule has 0 heterocycles. The monoisotopic (exact) mass is 366 g/mol. The Balaban J connectivity index is 3.77. The molecule has 0 aromatic heterocycles. The maximum absolute atomic E-state index is 2.32. The summed E-state index contributed by atoms with van der Waals surface area (Å²) in [5.74, 6) is 1.04. The van der Waals surface area contributed by atoms with Crippen LogP contribution in [-0.2, 0) is 0 Å². The molecule has 0 spiro atoms. The van der Waals surface area contributed by atoms with E-state index in [9.17, 15) is 0 Å². The highest BCUT2D eigenvalue weighted by atomic mass is 14.1. The lowest BCUT2D eigenvalue weighted by molar-refractivity contribution is 0.365. The first kappa shape index (κ1) is 26.0. The molecule has 0 aliphatic carbocycles. The zero-order valence-corrected chi connectivity index (χ0v) is 19.1. The molecule has 0 fully saturated rings. The summed E-state index contributed by atoms with van der Waals surface area (Å²) < 4.78 is 0. The van der Waals surface area contributed by atoms with Crippen molar-refractivity contribution in [2.24, 2.45) is 5.92 Å². The molecule has 0 saturated carbocycles. The minimum Gasteiger partial charge on any atom is -0.0654 e. The summed E-state index contributed by atoms with van der Waals surface area (Å²) in [5, 5.41) is 0. The van der Waals surface area contributed by atoms with Crippen LogP contribution >= 0.6 is 0 Å². The molecule has 0 aromatic rings. The van der Waals surface area contributed by atoms with Crippen LogP contribution in [0.25, 0.3) is 0 Å². The van der Waals surface area contributed by atoms with E-state index in [2.05, 4.69) is 20.8 Å². The second-order valence-corrected chi connectivity index (χ2v) is 8.89. The van der Waals surface area contributed by atoms with Crippen molar-refractivity contribution in [3.8, 4) is 0 Å². The van der Waals surface area contributed by atoms with Gasteiger partial charge in [-0.3, -0.25) is 0 Å². The molecule has 0 aliphatic rings. The van der Waals surface area contributed by atoms with Gasteiger partial charge in [0.2, 0.25) is 0 Å². The van der Waals surface area contributed by atoms with E-state index in [0.717, 1.165) is 5.92 Å². The molecule has 0 radical (unpaired) electrons. The summed E-state index contributed by atoms with van der Waals surface area (Å²) in [4.78, 5) is 0. The topological polar surface area (TPSA) is 0 Å². The molecule has 0 unspecified atom stereocenters. The molecule has 0 amide bonds. The van der Waals surface area contributed by atoms with Crippen molar-refractivity contribution in [3.63, 3.8) is 0 Å². The molecule has 0 aliphatic heterocycles. The highest BCUT2D eigenvalue weighted by molar-refractivity contribution is 4.62. The molecular weight excluding hydrogens is 312 g/mol. The number of unbranched alkanes of at least 4 members (excludes halogenated alkanes) is 16. The fraction of sp³-hybridized carbons (Fsp3) is 1.00. The van der Waals surface area contributed by atoms with Gasteiger partial charge in [0, 0.05) is 0 Å². The third kappa shape index (κ3) is 20.3. The lowest BCUT2D eigenvalue weighted by Crippen LogP contribution is -2.01. The standard InChI is InChI=1S/C26H54/c1-4-7-10-13-16-19-22-25-26(23-20-17-14-11-8-5-2)24-21-18-15-12-9-6-3/h26H,4-25H2,1-3H3. The van der Waals surface area contributed by atoms with Crippen LogP contribution in [0.2, 0.25) is 0 Å². The van der Waals surface area contributed by atoms with Crippen molar-refractivity contribution in [3.05, 3.63) is 0 Å². The van der Waals surface area contributed by atoms with Crippen molar-refractivity contribution in [2.45, 2.75) is 162 Å². The predicted octanol–water partition coefficient (Wildman–Crippen LogP) is 10.2. The van der Waals surface area contributed by atoms with Crippen LogP contribution < -0.4 is 0 Å². The molecule has 0 N–H and O–H groups in total. The molecule has 0 aromatic carbocycles. The molecular formula is C26H54. The Hall–Kier alpha value is 0. The van der Waals surface area contributed by atoms with E-state index < -0.39 is 0 Å². The minimum absolute atomic E-state index is 1.04. The maximum Gasteiger partial charge on any atom is -0.0414 e. The highest BCUT2D eigenvalue weighted by Crippen LogP contribution is 2.24. The van der Waals surface area contributed by atoms with Crippen molar-refractivity contribution < 1.29 is 0 Å². The average Bonchev–Trinajstić information content (AvgIpc) is 2.65. The second-order valence-electron chi connectivity index (χ2n) is 8.89. The van der Waals surface area contributed by atoms with Gasteiger partial charge in [-0.15, -0.1) is 0 Å². The van der Waals surface area contributed by atoms with E-state index in [4.69, 9.17) is 0 Å². The number of hydrogen-bond donors (Lipinski definition) is 0. The van der Waals surface area contributed by atoms with Crippen LogP contribution in [0.4, 0.5) is 0 Å². The Morgan fingerprint density at radius 1 is 0.308 bits per heavy atom. The van der Waals surface area contributed by atoms with E-state index in [1.54, 1.807) is 0 Å². The largest absolute Gasteiger partial charge is 0.0654 e. The first-order valence-electron chi connectivity index (χ1n) is 12.8. The van der Waals surface area contributed by atoms with E-state index in [1.165, 1.54) is 141 Å². The third-order valence-corrected chi connectivity index (χ3v) is 6.15. The maximum atomic E-state index is 2.32. The quantitative estimate of drug-likeness (QED) is 0.167. The van der Waals surface area contributed by atoms with Gasteiger partial charge in [-0.05, 0) is 5.92 Å². The van der Waals surface area contributed by atoms with E-state index >= 15 is 0 Å². The normalized spacial score (nSPS) is 11.5. The van der Waals surface area contributed by atoms with Gasteiger partial charge in [0.25, 0.3) is 0 Å². The first-order chi connectivity index (χ1) is 12.8. The second kappa shape index (κ2) is 23.0. The Bertz CT molecular complexity index is 216. The molecule has 0 rings (SSSR count). The van der Waals surface area contributed by atoms with Gasteiger partial charge in [0.1, 0.15) is 0 Å². The molecule has 0 atom stereocenters. The number of hydrogen-bond acceptors (Lipinski definition) is 0. The summed E-state index contributed by atoms with van der Waals surface area (Å²) in [5.41, 5.74) is 0. The predicted molar refractivity (Wildman–Crippen MR) is 122 cm³/mol. The molecule has 158 valence electrons. The molecule has 0 heteroatoms. The average molecular weight is 367 g/mol. The van der Waals surface area contributed by atoms with Gasteiger partial charge in [-0.25, -0.2) is 0 Å². The van der Waals surface area contributed by atoms with Crippen LogP contribution in [0.15, 0.2) is 0 Å². The molecule has 0 nitrogen and oxygen atoms in total. The molecule has 26 heavy (non-hydrogen) atoms. The van der Waals surface area contributed by atoms with Crippen molar-refractivity contribution in [1.82, 2.24) is 0 Å². The zero-order valence-electron chi connectivity index (χ0n) is 19.1. The lowest BCUT2D eigenvalue weighted by atomic mass is 9.89. The van der Waals surface area contributed by atoms with Crippen molar-refractivity contribution in [2.75, 3.05) is 0 Å². The van der Waals surface area contributed by atoms with Crippen molar-refractivity contribution >= 4 is 0 Å². The summed E-state index contributed by atoms with van der Waals surface area (Å²) in [7, 11) is 0. The van der Waals surface area contributed by atoms with Crippen LogP contribution in [0.1, 0.15) is 162 Å². The molecule has 0 saturated heterocycles. The van der Waals surface area contributed by atoms with E-state index in [-0.39, 0.29) is 0 Å². The van der Waals surface area contributed by atoms with Gasteiger partial charge < -0.3 is 0 Å². The molecule has 0 bridgehead atoms. The van der Waals surface area contributed by atoms with Gasteiger partial charge in [-0.2, -0.15) is 0 Å². The van der Waals surface area contributed by atoms with Crippen LogP contribution in [0, 0.1) is 5.92 Å². The Kier molecular flexibility index (Phi) is 23.0. The van der Waals surface area contributed by atoms with Crippen LogP contribution in [-0.4, -0.2) is 0 Å². The van der Waals surface area contributed by atoms with Gasteiger partial charge in [0.05, 0.1) is 0 Å². The van der Waals surface area contributed by atoms with Gasteiger partial charge >= 0.3 is 0 Å². The van der Waals surface area contributed by atoms with Gasteiger partial charge in [-0.1, -0.05) is 162 Å². The fourth-order valence-electron chi connectivity index (χ4n) is 4.25.